The molecule has 2 aromatic rings. The molecule has 100 valence electrons. The van der Waals surface area contributed by atoms with E-state index in [9.17, 15) is 9.59 Å². The van der Waals surface area contributed by atoms with E-state index in [4.69, 9.17) is 0 Å². The van der Waals surface area contributed by atoms with Gasteiger partial charge in [0.2, 0.25) is 11.6 Å². The Morgan fingerprint density at radius 1 is 0.900 bits per heavy atom. The summed E-state index contributed by atoms with van der Waals surface area (Å²) in [6.07, 6.45) is 1.89. The molecule has 0 aliphatic heterocycles. The molecule has 0 aromatic heterocycles. The van der Waals surface area contributed by atoms with Crippen LogP contribution in [0.1, 0.15) is 35.3 Å². The maximum absolute atomic E-state index is 12.3. The maximum Gasteiger partial charge on any atom is 0.233 e. The lowest BCUT2D eigenvalue weighted by Crippen LogP contribution is -2.24. The average Bonchev–Trinajstić information content (AvgIpc) is 2.42. The molecular formula is C18H16O2. The minimum absolute atomic E-state index is 0.0552. The molecule has 1 aliphatic rings. The number of Topliss-reactive ketones (excluding diaryl/α,β-unsaturated/α-hetero) is 2. The molecule has 3 rings (SSSR count). The smallest absolute Gasteiger partial charge is 0.233 e. The Morgan fingerprint density at radius 2 is 1.65 bits per heavy atom. The topological polar surface area (TPSA) is 34.1 Å². The highest BCUT2D eigenvalue weighted by Gasteiger charge is 2.29. The van der Waals surface area contributed by atoms with Crippen molar-refractivity contribution in [2.24, 2.45) is 5.92 Å². The summed E-state index contributed by atoms with van der Waals surface area (Å²) in [6, 6.07) is 9.76. The molecule has 0 fully saturated rings. The van der Waals surface area contributed by atoms with Gasteiger partial charge in [-0.05, 0) is 46.9 Å². The minimum atomic E-state index is -0.380. The first kappa shape index (κ1) is 12.8. The van der Waals surface area contributed by atoms with E-state index in [-0.39, 0.29) is 17.5 Å². The van der Waals surface area contributed by atoms with Crippen molar-refractivity contribution >= 4 is 28.4 Å². The summed E-state index contributed by atoms with van der Waals surface area (Å²) in [7, 11) is 0. The van der Waals surface area contributed by atoms with Gasteiger partial charge in [-0.2, -0.15) is 0 Å². The Bertz CT molecular complexity index is 779. The molecule has 20 heavy (non-hydrogen) atoms. The van der Waals surface area contributed by atoms with Gasteiger partial charge in [-0.25, -0.2) is 0 Å². The highest BCUT2D eigenvalue weighted by Crippen LogP contribution is 2.32. The van der Waals surface area contributed by atoms with Crippen molar-refractivity contribution < 1.29 is 9.59 Å². The Morgan fingerprint density at radius 3 is 2.35 bits per heavy atom. The van der Waals surface area contributed by atoms with Gasteiger partial charge in [-0.1, -0.05) is 38.1 Å². The van der Waals surface area contributed by atoms with Crippen molar-refractivity contribution in [1.29, 1.82) is 0 Å². The van der Waals surface area contributed by atoms with Crippen molar-refractivity contribution in [2.75, 3.05) is 0 Å². The molecule has 2 nitrogen and oxygen atoms in total. The van der Waals surface area contributed by atoms with Crippen LogP contribution in [0, 0.1) is 12.8 Å². The van der Waals surface area contributed by atoms with Crippen LogP contribution in [0.2, 0.25) is 0 Å². The number of ketones is 2. The van der Waals surface area contributed by atoms with Crippen molar-refractivity contribution in [3.63, 3.8) is 0 Å². The number of rotatable bonds is 1. The van der Waals surface area contributed by atoms with Crippen LogP contribution < -0.4 is 0 Å². The number of hydrogen-bond donors (Lipinski definition) is 0. The quantitative estimate of drug-likeness (QED) is 0.731. The fourth-order valence-electron chi connectivity index (χ4n) is 2.80. The minimum Gasteiger partial charge on any atom is -0.285 e. The van der Waals surface area contributed by atoms with Crippen molar-refractivity contribution in [1.82, 2.24) is 0 Å². The molecule has 0 saturated heterocycles. The van der Waals surface area contributed by atoms with Gasteiger partial charge in [0.05, 0.1) is 0 Å². The van der Waals surface area contributed by atoms with E-state index >= 15 is 0 Å². The zero-order valence-corrected chi connectivity index (χ0v) is 11.9. The second-order valence-electron chi connectivity index (χ2n) is 5.61. The summed E-state index contributed by atoms with van der Waals surface area (Å²) in [4.78, 5) is 24.4. The van der Waals surface area contributed by atoms with E-state index < -0.39 is 0 Å². The molecule has 0 bridgehead atoms. The molecule has 0 N–H and O–H groups in total. The first-order valence-electron chi connectivity index (χ1n) is 6.83. The third-order valence-corrected chi connectivity index (χ3v) is 3.96. The van der Waals surface area contributed by atoms with Gasteiger partial charge >= 0.3 is 0 Å². The highest BCUT2D eigenvalue weighted by molar-refractivity contribution is 6.52. The van der Waals surface area contributed by atoms with Gasteiger partial charge in [0.25, 0.3) is 0 Å². The molecule has 2 heteroatoms. The summed E-state index contributed by atoms with van der Waals surface area (Å²) >= 11 is 0. The molecule has 0 radical (unpaired) electrons. The summed E-state index contributed by atoms with van der Waals surface area (Å²) in [5, 5.41) is 2.18. The zero-order valence-electron chi connectivity index (χ0n) is 11.9. The van der Waals surface area contributed by atoms with E-state index in [1.165, 1.54) is 5.56 Å². The van der Waals surface area contributed by atoms with Crippen LogP contribution in [-0.2, 0) is 4.79 Å². The number of allylic oxidation sites excluding steroid dienone is 1. The highest BCUT2D eigenvalue weighted by atomic mass is 16.2. The van der Waals surface area contributed by atoms with Crippen LogP contribution in [0.4, 0.5) is 0 Å². The maximum atomic E-state index is 12.3. The predicted molar refractivity (Wildman–Crippen MR) is 80.8 cm³/mol. The van der Waals surface area contributed by atoms with Crippen LogP contribution in [0.5, 0.6) is 0 Å². The molecular weight excluding hydrogens is 248 g/mol. The molecule has 2 aromatic carbocycles. The Hall–Kier alpha value is -2.22. The van der Waals surface area contributed by atoms with E-state index in [1.54, 1.807) is 6.07 Å². The summed E-state index contributed by atoms with van der Waals surface area (Å²) in [6.45, 7) is 5.94. The zero-order chi connectivity index (χ0) is 14.4. The second-order valence-corrected chi connectivity index (χ2v) is 5.61. The van der Waals surface area contributed by atoms with Gasteiger partial charge in [-0.3, -0.25) is 9.59 Å². The standard InChI is InChI=1S/C18H16O2/c1-10(2)15-9-16-13-6-4-5-11(3)12(13)7-8-14(16)17(19)18(15)20/h4-10H,1-3H3. The number of fused-ring (bicyclic) bond motifs is 3. The van der Waals surface area contributed by atoms with Crippen molar-refractivity contribution in [3.05, 3.63) is 52.6 Å². The molecule has 0 amide bonds. The summed E-state index contributed by atoms with van der Waals surface area (Å²) < 4.78 is 0. The average molecular weight is 264 g/mol. The number of carbonyl (C=O) groups excluding carboxylic acids is 2. The molecule has 0 saturated carbocycles. The lowest BCUT2D eigenvalue weighted by Gasteiger charge is -2.19. The molecule has 0 spiro atoms. The van der Waals surface area contributed by atoms with Crippen LogP contribution in [0.15, 0.2) is 35.9 Å². The van der Waals surface area contributed by atoms with Gasteiger partial charge in [0.15, 0.2) is 0 Å². The van der Waals surface area contributed by atoms with Crippen molar-refractivity contribution in [2.45, 2.75) is 20.8 Å². The largest absolute Gasteiger partial charge is 0.285 e. The van der Waals surface area contributed by atoms with E-state index in [0.717, 1.165) is 16.3 Å². The number of carbonyl (C=O) groups is 2. The Kier molecular flexibility index (Phi) is 2.82. The van der Waals surface area contributed by atoms with E-state index in [1.807, 2.05) is 38.1 Å². The Balaban J connectivity index is 2.40. The molecule has 0 heterocycles. The van der Waals surface area contributed by atoms with Gasteiger partial charge in [0.1, 0.15) is 0 Å². The normalized spacial score (nSPS) is 14.7. The SMILES string of the molecule is Cc1cccc2c3c(ccc12)C(=O)C(=O)C(C(C)C)=C3. The monoisotopic (exact) mass is 264 g/mol. The lowest BCUT2D eigenvalue weighted by molar-refractivity contribution is -0.112. The summed E-state index contributed by atoms with van der Waals surface area (Å²) in [5.74, 6) is -0.686. The Labute approximate surface area is 118 Å². The van der Waals surface area contributed by atoms with Crippen LogP contribution >= 0.6 is 0 Å². The van der Waals surface area contributed by atoms with E-state index in [2.05, 4.69) is 13.0 Å². The number of aryl methyl sites for hydroxylation is 1. The first-order chi connectivity index (χ1) is 9.50. The third kappa shape index (κ3) is 1.72. The second kappa shape index (κ2) is 4.41. The van der Waals surface area contributed by atoms with Crippen LogP contribution in [0.25, 0.3) is 16.8 Å². The number of hydrogen-bond acceptors (Lipinski definition) is 2. The van der Waals surface area contributed by atoms with Gasteiger partial charge in [0, 0.05) is 11.1 Å². The molecule has 1 aliphatic carbocycles. The fraction of sp³-hybridized carbons (Fsp3) is 0.222. The summed E-state index contributed by atoms with van der Waals surface area (Å²) in [5.41, 5.74) is 3.20. The molecule has 0 atom stereocenters. The third-order valence-electron chi connectivity index (χ3n) is 3.96. The van der Waals surface area contributed by atoms with Crippen LogP contribution in [-0.4, -0.2) is 11.6 Å². The van der Waals surface area contributed by atoms with Gasteiger partial charge in [-0.15, -0.1) is 0 Å². The first-order valence-corrected chi connectivity index (χ1v) is 6.83. The van der Waals surface area contributed by atoms with Gasteiger partial charge < -0.3 is 0 Å². The molecule has 0 unspecified atom stereocenters. The van der Waals surface area contributed by atoms with E-state index in [0.29, 0.717) is 11.1 Å². The predicted octanol–water partition coefficient (Wildman–Crippen LogP) is 3.95. The van der Waals surface area contributed by atoms with Crippen molar-refractivity contribution in [3.8, 4) is 0 Å². The fourth-order valence-corrected chi connectivity index (χ4v) is 2.80. The van der Waals surface area contributed by atoms with Crippen LogP contribution in [0.3, 0.4) is 0 Å². The number of benzene rings is 2. The lowest BCUT2D eigenvalue weighted by atomic mass is 9.82.